The Morgan fingerprint density at radius 2 is 2.18 bits per heavy atom. The third kappa shape index (κ3) is 2.72. The molecule has 1 fully saturated rings. The molecule has 0 N–H and O–H groups in total. The van der Waals surface area contributed by atoms with Crippen molar-refractivity contribution in [2.45, 2.75) is 19.1 Å². The van der Waals surface area contributed by atoms with Crippen LogP contribution in [0, 0.1) is 0 Å². The lowest BCUT2D eigenvalue weighted by atomic mass is 9.94. The van der Waals surface area contributed by atoms with Gasteiger partial charge in [-0.2, -0.15) is 0 Å². The Bertz CT molecular complexity index is 664. The molecule has 0 aliphatic carbocycles. The van der Waals surface area contributed by atoms with E-state index in [-0.39, 0.29) is 11.9 Å². The molecular formula is C17H19NO4. The minimum Gasteiger partial charge on any atom is -0.497 e. The number of ether oxygens (including phenoxy) is 2. The molecule has 0 spiro atoms. The normalized spacial score (nSPS) is 17.2. The Kier molecular flexibility index (Phi) is 4.15. The molecule has 116 valence electrons. The molecule has 0 radical (unpaired) electrons. The molecule has 1 unspecified atom stereocenters. The van der Waals surface area contributed by atoms with Crippen molar-refractivity contribution in [1.82, 2.24) is 4.90 Å². The van der Waals surface area contributed by atoms with E-state index in [0.29, 0.717) is 18.1 Å². The van der Waals surface area contributed by atoms with Crippen molar-refractivity contribution in [3.05, 3.63) is 53.5 Å². The van der Waals surface area contributed by atoms with Gasteiger partial charge in [0, 0.05) is 13.7 Å². The maximum Gasteiger partial charge on any atom is 0.290 e. The van der Waals surface area contributed by atoms with Gasteiger partial charge in [0.1, 0.15) is 18.1 Å². The summed E-state index contributed by atoms with van der Waals surface area (Å²) in [5.41, 5.74) is 1.09. The largest absolute Gasteiger partial charge is 0.497 e. The summed E-state index contributed by atoms with van der Waals surface area (Å²) in [7, 11) is 3.24. The minimum absolute atomic E-state index is 0.0820. The van der Waals surface area contributed by atoms with E-state index in [1.54, 1.807) is 26.4 Å². The number of likely N-dealkylation sites (tertiary alicyclic amines) is 1. The summed E-state index contributed by atoms with van der Waals surface area (Å²) in [6, 6.07) is 11.4. The van der Waals surface area contributed by atoms with Gasteiger partial charge in [0.25, 0.3) is 5.91 Å². The van der Waals surface area contributed by atoms with Crippen LogP contribution in [-0.4, -0.2) is 31.6 Å². The fourth-order valence-electron chi connectivity index (χ4n) is 2.68. The van der Waals surface area contributed by atoms with Crippen LogP contribution < -0.4 is 4.74 Å². The number of amides is 1. The lowest BCUT2D eigenvalue weighted by molar-refractivity contribution is 0.0421. The van der Waals surface area contributed by atoms with Gasteiger partial charge in [0.05, 0.1) is 13.2 Å². The number of methoxy groups -OCH3 is 2. The van der Waals surface area contributed by atoms with E-state index in [4.69, 9.17) is 13.9 Å². The van der Waals surface area contributed by atoms with Crippen LogP contribution in [0.1, 0.15) is 34.3 Å². The number of carbonyl (C=O) groups is 1. The molecule has 5 nitrogen and oxygen atoms in total. The van der Waals surface area contributed by atoms with E-state index in [0.717, 1.165) is 24.3 Å². The van der Waals surface area contributed by atoms with E-state index in [1.165, 1.54) is 0 Å². The third-order valence-corrected chi connectivity index (χ3v) is 3.92. The molecule has 1 saturated heterocycles. The van der Waals surface area contributed by atoms with Crippen molar-refractivity contribution < 1.29 is 18.7 Å². The fourth-order valence-corrected chi connectivity index (χ4v) is 2.68. The van der Waals surface area contributed by atoms with E-state index in [2.05, 4.69) is 0 Å². The first kappa shape index (κ1) is 14.7. The van der Waals surface area contributed by atoms with Gasteiger partial charge in [-0.15, -0.1) is 0 Å². The standard InChI is InChI=1S/C17H19NO4/c1-20-11-14-6-7-16(22-14)17(19)18-9-8-15(18)12-4-3-5-13(10-12)21-2/h3-7,10,15H,8-9,11H2,1-2H3. The SMILES string of the molecule is COCc1ccc(C(=O)N2CCC2c2cccc(OC)c2)o1. The monoisotopic (exact) mass is 301 g/mol. The molecule has 2 heterocycles. The number of carbonyl (C=O) groups excluding carboxylic acids is 1. The summed E-state index contributed by atoms with van der Waals surface area (Å²) in [4.78, 5) is 14.4. The minimum atomic E-state index is -0.0820. The summed E-state index contributed by atoms with van der Waals surface area (Å²) in [5, 5.41) is 0. The highest BCUT2D eigenvalue weighted by Gasteiger charge is 2.35. The summed E-state index contributed by atoms with van der Waals surface area (Å²) in [6.45, 7) is 1.10. The molecule has 1 atom stereocenters. The molecular weight excluding hydrogens is 282 g/mol. The van der Waals surface area contributed by atoms with Crippen LogP contribution in [0.3, 0.4) is 0 Å². The number of hydrogen-bond acceptors (Lipinski definition) is 4. The second-order valence-corrected chi connectivity index (χ2v) is 5.28. The van der Waals surface area contributed by atoms with Gasteiger partial charge in [-0.1, -0.05) is 12.1 Å². The van der Waals surface area contributed by atoms with Gasteiger partial charge in [-0.3, -0.25) is 4.79 Å². The van der Waals surface area contributed by atoms with Crippen LogP contribution in [0.5, 0.6) is 5.75 Å². The predicted octanol–water partition coefficient (Wildman–Crippen LogP) is 3.02. The van der Waals surface area contributed by atoms with Gasteiger partial charge in [-0.05, 0) is 36.2 Å². The average molecular weight is 301 g/mol. The summed E-state index contributed by atoms with van der Waals surface area (Å²) >= 11 is 0. The van der Waals surface area contributed by atoms with Crippen LogP contribution >= 0.6 is 0 Å². The topological polar surface area (TPSA) is 51.9 Å². The molecule has 0 saturated carbocycles. The smallest absolute Gasteiger partial charge is 0.290 e. The van der Waals surface area contributed by atoms with Crippen molar-refractivity contribution in [2.24, 2.45) is 0 Å². The van der Waals surface area contributed by atoms with E-state index in [1.807, 2.05) is 29.2 Å². The average Bonchev–Trinajstić information content (AvgIpc) is 2.95. The van der Waals surface area contributed by atoms with Crippen LogP contribution in [0.2, 0.25) is 0 Å². The zero-order chi connectivity index (χ0) is 15.5. The molecule has 1 aliphatic rings. The molecule has 1 aliphatic heterocycles. The van der Waals surface area contributed by atoms with Crippen LogP contribution in [0.4, 0.5) is 0 Å². The Morgan fingerprint density at radius 3 is 2.86 bits per heavy atom. The Hall–Kier alpha value is -2.27. The number of furan rings is 1. The number of benzene rings is 1. The molecule has 1 aromatic carbocycles. The summed E-state index contributed by atoms with van der Waals surface area (Å²) in [5.74, 6) is 1.74. The maximum atomic E-state index is 12.5. The molecule has 3 rings (SSSR count). The van der Waals surface area contributed by atoms with Gasteiger partial charge >= 0.3 is 0 Å². The first-order valence-corrected chi connectivity index (χ1v) is 7.25. The van der Waals surface area contributed by atoms with Crippen molar-refractivity contribution in [3.63, 3.8) is 0 Å². The molecule has 1 aromatic heterocycles. The highest BCUT2D eigenvalue weighted by Crippen LogP contribution is 2.35. The molecule has 1 amide bonds. The highest BCUT2D eigenvalue weighted by molar-refractivity contribution is 5.92. The Morgan fingerprint density at radius 1 is 1.32 bits per heavy atom. The van der Waals surface area contributed by atoms with Crippen molar-refractivity contribution in [1.29, 1.82) is 0 Å². The lowest BCUT2D eigenvalue weighted by Gasteiger charge is -2.40. The molecule has 2 aromatic rings. The maximum absolute atomic E-state index is 12.5. The number of rotatable bonds is 5. The van der Waals surface area contributed by atoms with Crippen molar-refractivity contribution >= 4 is 5.91 Å². The zero-order valence-corrected chi connectivity index (χ0v) is 12.7. The number of nitrogens with zero attached hydrogens (tertiary/aromatic N) is 1. The highest BCUT2D eigenvalue weighted by atomic mass is 16.5. The van der Waals surface area contributed by atoms with E-state index in [9.17, 15) is 4.79 Å². The van der Waals surface area contributed by atoms with Gasteiger partial charge in [0.2, 0.25) is 0 Å². The summed E-state index contributed by atoms with van der Waals surface area (Å²) < 4.78 is 15.8. The van der Waals surface area contributed by atoms with E-state index >= 15 is 0 Å². The van der Waals surface area contributed by atoms with E-state index < -0.39 is 0 Å². The summed E-state index contributed by atoms with van der Waals surface area (Å²) in [6.07, 6.45) is 0.949. The number of hydrogen-bond donors (Lipinski definition) is 0. The van der Waals surface area contributed by atoms with Crippen molar-refractivity contribution in [3.8, 4) is 5.75 Å². The fraction of sp³-hybridized carbons (Fsp3) is 0.353. The first-order chi connectivity index (χ1) is 10.7. The van der Waals surface area contributed by atoms with Crippen LogP contribution in [0.25, 0.3) is 0 Å². The van der Waals surface area contributed by atoms with Gasteiger partial charge in [-0.25, -0.2) is 0 Å². The Labute approximate surface area is 129 Å². The van der Waals surface area contributed by atoms with Gasteiger partial charge < -0.3 is 18.8 Å². The van der Waals surface area contributed by atoms with Crippen LogP contribution in [0.15, 0.2) is 40.8 Å². The second kappa shape index (κ2) is 6.23. The molecule has 5 heteroatoms. The zero-order valence-electron chi connectivity index (χ0n) is 12.7. The lowest BCUT2D eigenvalue weighted by Crippen LogP contribution is -2.45. The molecule has 22 heavy (non-hydrogen) atoms. The first-order valence-electron chi connectivity index (χ1n) is 7.25. The second-order valence-electron chi connectivity index (χ2n) is 5.28. The van der Waals surface area contributed by atoms with Crippen LogP contribution in [-0.2, 0) is 11.3 Å². The molecule has 0 bridgehead atoms. The Balaban J connectivity index is 1.75. The third-order valence-electron chi connectivity index (χ3n) is 3.92. The quantitative estimate of drug-likeness (QED) is 0.852. The predicted molar refractivity (Wildman–Crippen MR) is 80.8 cm³/mol. The van der Waals surface area contributed by atoms with Gasteiger partial charge in [0.15, 0.2) is 5.76 Å². The van der Waals surface area contributed by atoms with Crippen molar-refractivity contribution in [2.75, 3.05) is 20.8 Å².